The van der Waals surface area contributed by atoms with E-state index in [-0.39, 0.29) is 24.9 Å². The standard InChI is InChI=1S/C11H21NO4/c1-3-16-11(15)7-8-12(2)10(14)6-4-5-9-13/h13H,3-9H2,1-2H3. The van der Waals surface area contributed by atoms with Gasteiger partial charge in [-0.25, -0.2) is 0 Å². The molecule has 94 valence electrons. The molecule has 0 unspecified atom stereocenters. The maximum absolute atomic E-state index is 11.5. The Bertz CT molecular complexity index is 218. The predicted octanol–water partition coefficient (Wildman–Crippen LogP) is 0.561. The molecule has 0 aromatic rings. The number of aliphatic hydroxyl groups is 1. The second-order valence-electron chi connectivity index (χ2n) is 3.55. The molecule has 5 nitrogen and oxygen atoms in total. The number of ether oxygens (including phenoxy) is 1. The maximum Gasteiger partial charge on any atom is 0.307 e. The van der Waals surface area contributed by atoms with Crippen molar-refractivity contribution < 1.29 is 19.4 Å². The number of rotatable bonds is 8. The Kier molecular flexibility index (Phi) is 8.52. The van der Waals surface area contributed by atoms with Crippen molar-refractivity contribution in [3.63, 3.8) is 0 Å². The van der Waals surface area contributed by atoms with E-state index in [1.165, 1.54) is 4.90 Å². The first kappa shape index (κ1) is 14.9. The van der Waals surface area contributed by atoms with Crippen LogP contribution in [0.25, 0.3) is 0 Å². The average Bonchev–Trinajstić information content (AvgIpc) is 2.26. The van der Waals surface area contributed by atoms with E-state index in [9.17, 15) is 9.59 Å². The van der Waals surface area contributed by atoms with Gasteiger partial charge in [-0.3, -0.25) is 9.59 Å². The fourth-order valence-corrected chi connectivity index (χ4v) is 1.20. The van der Waals surface area contributed by atoms with Crippen molar-refractivity contribution in [2.75, 3.05) is 26.8 Å². The van der Waals surface area contributed by atoms with E-state index in [0.717, 1.165) is 0 Å². The highest BCUT2D eigenvalue weighted by molar-refractivity contribution is 5.76. The summed E-state index contributed by atoms with van der Waals surface area (Å²) in [7, 11) is 1.67. The number of nitrogens with zero attached hydrogens (tertiary/aromatic N) is 1. The lowest BCUT2D eigenvalue weighted by Crippen LogP contribution is -2.29. The normalized spacial score (nSPS) is 9.94. The Labute approximate surface area is 96.4 Å². The van der Waals surface area contributed by atoms with Crippen LogP contribution in [-0.4, -0.2) is 48.7 Å². The van der Waals surface area contributed by atoms with Gasteiger partial charge in [0.05, 0.1) is 13.0 Å². The van der Waals surface area contributed by atoms with Gasteiger partial charge in [-0.2, -0.15) is 0 Å². The van der Waals surface area contributed by atoms with Crippen LogP contribution < -0.4 is 0 Å². The molecule has 5 heteroatoms. The molecule has 0 radical (unpaired) electrons. The van der Waals surface area contributed by atoms with Crippen molar-refractivity contribution in [3.05, 3.63) is 0 Å². The molecule has 0 saturated carbocycles. The van der Waals surface area contributed by atoms with Gasteiger partial charge in [0, 0.05) is 26.6 Å². The molecular formula is C11H21NO4. The summed E-state index contributed by atoms with van der Waals surface area (Å²) in [6.07, 6.45) is 1.96. The van der Waals surface area contributed by atoms with Gasteiger partial charge in [0.25, 0.3) is 0 Å². The smallest absolute Gasteiger partial charge is 0.307 e. The zero-order valence-corrected chi connectivity index (χ0v) is 10.1. The Balaban J connectivity index is 3.66. The number of aliphatic hydroxyl groups excluding tert-OH is 1. The van der Waals surface area contributed by atoms with E-state index in [2.05, 4.69) is 0 Å². The summed E-state index contributed by atoms with van der Waals surface area (Å²) in [6.45, 7) is 2.62. The number of unbranched alkanes of at least 4 members (excludes halogenated alkanes) is 1. The van der Waals surface area contributed by atoms with E-state index in [0.29, 0.717) is 32.4 Å². The quantitative estimate of drug-likeness (QED) is 0.489. The summed E-state index contributed by atoms with van der Waals surface area (Å²) in [5.74, 6) is -0.282. The second-order valence-corrected chi connectivity index (χ2v) is 3.55. The van der Waals surface area contributed by atoms with Crippen LogP contribution in [0.5, 0.6) is 0 Å². The molecule has 0 fully saturated rings. The largest absolute Gasteiger partial charge is 0.466 e. The van der Waals surface area contributed by atoms with Crippen molar-refractivity contribution >= 4 is 11.9 Å². The molecule has 0 saturated heterocycles. The third-order valence-corrected chi connectivity index (χ3v) is 2.18. The minimum Gasteiger partial charge on any atom is -0.466 e. The van der Waals surface area contributed by atoms with E-state index in [1.807, 2.05) is 0 Å². The third kappa shape index (κ3) is 7.23. The number of hydrogen-bond donors (Lipinski definition) is 1. The molecular weight excluding hydrogens is 210 g/mol. The molecule has 0 aliphatic rings. The number of carbonyl (C=O) groups excluding carboxylic acids is 2. The third-order valence-electron chi connectivity index (χ3n) is 2.18. The number of hydrogen-bond acceptors (Lipinski definition) is 4. The fourth-order valence-electron chi connectivity index (χ4n) is 1.20. The topological polar surface area (TPSA) is 66.8 Å². The molecule has 0 aliphatic carbocycles. The molecule has 1 N–H and O–H groups in total. The van der Waals surface area contributed by atoms with E-state index >= 15 is 0 Å². The second kappa shape index (κ2) is 9.15. The summed E-state index contributed by atoms with van der Waals surface area (Å²) >= 11 is 0. The lowest BCUT2D eigenvalue weighted by molar-refractivity contribution is -0.143. The lowest BCUT2D eigenvalue weighted by atomic mass is 10.2. The molecule has 0 spiro atoms. The summed E-state index contributed by atoms with van der Waals surface area (Å²) in [4.78, 5) is 24.0. The average molecular weight is 231 g/mol. The maximum atomic E-state index is 11.5. The molecule has 0 atom stereocenters. The van der Waals surface area contributed by atoms with E-state index < -0.39 is 0 Å². The molecule has 0 bridgehead atoms. The highest BCUT2D eigenvalue weighted by atomic mass is 16.5. The number of carbonyl (C=O) groups is 2. The van der Waals surface area contributed by atoms with Crippen LogP contribution in [0, 0.1) is 0 Å². The number of amides is 1. The highest BCUT2D eigenvalue weighted by Gasteiger charge is 2.10. The molecule has 0 aromatic carbocycles. The lowest BCUT2D eigenvalue weighted by Gasteiger charge is -2.16. The van der Waals surface area contributed by atoms with E-state index in [1.54, 1.807) is 14.0 Å². The summed E-state index contributed by atoms with van der Waals surface area (Å²) < 4.78 is 4.76. The molecule has 0 rings (SSSR count). The van der Waals surface area contributed by atoms with E-state index in [4.69, 9.17) is 9.84 Å². The monoisotopic (exact) mass is 231 g/mol. The van der Waals surface area contributed by atoms with Crippen molar-refractivity contribution in [3.8, 4) is 0 Å². The first-order valence-corrected chi connectivity index (χ1v) is 5.62. The first-order valence-electron chi connectivity index (χ1n) is 5.62. The van der Waals surface area contributed by atoms with Crippen molar-refractivity contribution in [2.45, 2.75) is 32.6 Å². The van der Waals surface area contributed by atoms with Crippen LogP contribution >= 0.6 is 0 Å². The van der Waals surface area contributed by atoms with Crippen LogP contribution in [0.1, 0.15) is 32.6 Å². The van der Waals surface area contributed by atoms with Crippen molar-refractivity contribution in [1.82, 2.24) is 4.90 Å². The Hall–Kier alpha value is -1.10. The van der Waals surface area contributed by atoms with Gasteiger partial charge in [-0.1, -0.05) is 0 Å². The zero-order valence-electron chi connectivity index (χ0n) is 10.1. The summed E-state index contributed by atoms with van der Waals surface area (Å²) in [5, 5.41) is 8.57. The minimum absolute atomic E-state index is 0.00208. The van der Waals surface area contributed by atoms with Crippen molar-refractivity contribution in [2.24, 2.45) is 0 Å². The van der Waals surface area contributed by atoms with Gasteiger partial charge < -0.3 is 14.7 Å². The molecule has 1 amide bonds. The number of esters is 1. The van der Waals surface area contributed by atoms with Gasteiger partial charge in [-0.05, 0) is 19.8 Å². The van der Waals surface area contributed by atoms with Gasteiger partial charge in [0.1, 0.15) is 0 Å². The van der Waals surface area contributed by atoms with Crippen LogP contribution in [0.3, 0.4) is 0 Å². The Morgan fingerprint density at radius 1 is 1.25 bits per heavy atom. The van der Waals surface area contributed by atoms with Crippen LogP contribution in [-0.2, 0) is 14.3 Å². The van der Waals surface area contributed by atoms with Gasteiger partial charge >= 0.3 is 5.97 Å². The van der Waals surface area contributed by atoms with Gasteiger partial charge in [-0.15, -0.1) is 0 Å². The van der Waals surface area contributed by atoms with Crippen molar-refractivity contribution in [1.29, 1.82) is 0 Å². The van der Waals surface area contributed by atoms with Crippen LogP contribution in [0.2, 0.25) is 0 Å². The Morgan fingerprint density at radius 3 is 2.50 bits per heavy atom. The zero-order chi connectivity index (χ0) is 12.4. The SMILES string of the molecule is CCOC(=O)CCN(C)C(=O)CCCCO. The van der Waals surface area contributed by atoms with Crippen LogP contribution in [0.4, 0.5) is 0 Å². The Morgan fingerprint density at radius 2 is 1.94 bits per heavy atom. The molecule has 16 heavy (non-hydrogen) atoms. The highest BCUT2D eigenvalue weighted by Crippen LogP contribution is 2.00. The minimum atomic E-state index is -0.280. The molecule has 0 aliphatic heterocycles. The predicted molar refractivity (Wildman–Crippen MR) is 59.8 cm³/mol. The summed E-state index contributed by atoms with van der Waals surface area (Å²) in [5.41, 5.74) is 0. The first-order chi connectivity index (χ1) is 7.61. The molecule has 0 aromatic heterocycles. The van der Waals surface area contributed by atoms with Gasteiger partial charge in [0.2, 0.25) is 5.91 Å². The summed E-state index contributed by atoms with van der Waals surface area (Å²) in [6, 6.07) is 0. The molecule has 0 heterocycles. The van der Waals surface area contributed by atoms with Gasteiger partial charge in [0.15, 0.2) is 0 Å². The fraction of sp³-hybridized carbons (Fsp3) is 0.818. The van der Waals surface area contributed by atoms with Crippen LogP contribution in [0.15, 0.2) is 0 Å².